The van der Waals surface area contributed by atoms with Crippen LogP contribution < -0.4 is 16.6 Å². The summed E-state index contributed by atoms with van der Waals surface area (Å²) in [5.74, 6) is 0. The molecule has 1 rings (SSSR count). The van der Waals surface area contributed by atoms with Gasteiger partial charge in [0, 0.05) is 13.7 Å². The van der Waals surface area contributed by atoms with E-state index in [-0.39, 0.29) is 5.56 Å². The molecule has 0 fully saturated rings. The lowest BCUT2D eigenvalue weighted by atomic mass is 10.4. The molecule has 6 nitrogen and oxygen atoms in total. The van der Waals surface area contributed by atoms with Crippen LogP contribution in [0, 0.1) is 0 Å². The van der Waals surface area contributed by atoms with Gasteiger partial charge in [-0.25, -0.2) is 4.68 Å². The molecular weight excluding hydrogens is 288 g/mol. The third-order valence-corrected chi connectivity index (χ3v) is 2.95. The summed E-state index contributed by atoms with van der Waals surface area (Å²) in [6, 6.07) is 0. The topological polar surface area (TPSA) is 82.2 Å². The van der Waals surface area contributed by atoms with Gasteiger partial charge in [0.05, 0.1) is 25.0 Å². The van der Waals surface area contributed by atoms with E-state index >= 15 is 0 Å². The number of nitrogens with zero attached hydrogens (tertiary/aromatic N) is 2. The van der Waals surface area contributed by atoms with E-state index in [0.29, 0.717) is 29.9 Å². The number of aromatic nitrogens is 2. The molecule has 3 N–H and O–H groups in total. The number of rotatable bonds is 7. The minimum atomic E-state index is -0.167. The van der Waals surface area contributed by atoms with E-state index in [1.54, 1.807) is 13.3 Å². The van der Waals surface area contributed by atoms with E-state index in [2.05, 4.69) is 26.3 Å². The number of ether oxygens (including phenoxy) is 1. The molecule has 0 unspecified atom stereocenters. The fourth-order valence-corrected chi connectivity index (χ4v) is 1.70. The summed E-state index contributed by atoms with van der Waals surface area (Å²) in [7, 11) is 1.59. The minimum absolute atomic E-state index is 0.167. The predicted molar refractivity (Wildman–Crippen MR) is 70.2 cm³/mol. The highest BCUT2D eigenvalue weighted by molar-refractivity contribution is 9.10. The molecule has 17 heavy (non-hydrogen) atoms. The Bertz CT molecular complexity index is 408. The SMILES string of the molecule is COCCn1ncc(NCCCN)c(Br)c1=O. The van der Waals surface area contributed by atoms with E-state index in [0.717, 1.165) is 13.0 Å². The van der Waals surface area contributed by atoms with Crippen LogP contribution >= 0.6 is 15.9 Å². The van der Waals surface area contributed by atoms with Crippen molar-refractivity contribution in [2.75, 3.05) is 32.1 Å². The predicted octanol–water partition coefficient (Wildman–Crippen LogP) is 0.413. The van der Waals surface area contributed by atoms with Gasteiger partial charge in [0.1, 0.15) is 4.47 Å². The molecule has 0 aliphatic heterocycles. The van der Waals surface area contributed by atoms with E-state index in [1.807, 2.05) is 0 Å². The first-order chi connectivity index (χ1) is 8.20. The van der Waals surface area contributed by atoms with Crippen LogP contribution in [0.25, 0.3) is 0 Å². The Labute approximate surface area is 108 Å². The molecule has 0 aliphatic rings. The Hall–Kier alpha value is -0.920. The van der Waals surface area contributed by atoms with Crippen LogP contribution in [0.1, 0.15) is 6.42 Å². The van der Waals surface area contributed by atoms with Gasteiger partial charge in [0.25, 0.3) is 5.56 Å². The number of hydrogen-bond acceptors (Lipinski definition) is 5. The molecule has 0 atom stereocenters. The highest BCUT2D eigenvalue weighted by Crippen LogP contribution is 2.15. The van der Waals surface area contributed by atoms with E-state index in [9.17, 15) is 4.79 Å². The van der Waals surface area contributed by atoms with Gasteiger partial charge in [0.15, 0.2) is 0 Å². The second kappa shape index (κ2) is 7.41. The van der Waals surface area contributed by atoms with Crippen LogP contribution in [0.2, 0.25) is 0 Å². The van der Waals surface area contributed by atoms with E-state index in [1.165, 1.54) is 4.68 Å². The maximum atomic E-state index is 11.9. The molecule has 96 valence electrons. The fraction of sp³-hybridized carbons (Fsp3) is 0.600. The first kappa shape index (κ1) is 14.1. The molecule has 0 bridgehead atoms. The summed E-state index contributed by atoms with van der Waals surface area (Å²) in [6.07, 6.45) is 2.47. The number of hydrogen-bond donors (Lipinski definition) is 2. The van der Waals surface area contributed by atoms with Gasteiger partial charge in [0.2, 0.25) is 0 Å². The van der Waals surface area contributed by atoms with Crippen molar-refractivity contribution in [3.8, 4) is 0 Å². The Morgan fingerprint density at radius 3 is 3.06 bits per heavy atom. The average Bonchev–Trinajstić information content (AvgIpc) is 2.34. The van der Waals surface area contributed by atoms with Crippen LogP contribution in [0.4, 0.5) is 5.69 Å². The van der Waals surface area contributed by atoms with Gasteiger partial charge < -0.3 is 15.8 Å². The summed E-state index contributed by atoms with van der Waals surface area (Å²) in [4.78, 5) is 11.9. The van der Waals surface area contributed by atoms with Crippen LogP contribution in [-0.4, -0.2) is 36.6 Å². The lowest BCUT2D eigenvalue weighted by Gasteiger charge is -2.09. The average molecular weight is 305 g/mol. The molecule has 0 amide bonds. The zero-order valence-electron chi connectivity index (χ0n) is 9.78. The number of halogens is 1. The second-order valence-electron chi connectivity index (χ2n) is 3.46. The fourth-order valence-electron chi connectivity index (χ4n) is 1.25. The zero-order valence-corrected chi connectivity index (χ0v) is 11.4. The highest BCUT2D eigenvalue weighted by atomic mass is 79.9. The molecule has 1 aromatic rings. The van der Waals surface area contributed by atoms with Crippen molar-refractivity contribution in [1.82, 2.24) is 9.78 Å². The summed E-state index contributed by atoms with van der Waals surface area (Å²) in [6.45, 7) is 2.23. The van der Waals surface area contributed by atoms with E-state index in [4.69, 9.17) is 10.5 Å². The summed E-state index contributed by atoms with van der Waals surface area (Å²) in [5, 5.41) is 7.16. The Morgan fingerprint density at radius 1 is 1.65 bits per heavy atom. The summed E-state index contributed by atoms with van der Waals surface area (Å²) < 4.78 is 6.76. The van der Waals surface area contributed by atoms with Crippen molar-refractivity contribution in [3.05, 3.63) is 21.0 Å². The molecular formula is C10H17BrN4O2. The van der Waals surface area contributed by atoms with Crippen molar-refractivity contribution in [1.29, 1.82) is 0 Å². The summed E-state index contributed by atoms with van der Waals surface area (Å²) in [5.41, 5.74) is 5.92. The maximum absolute atomic E-state index is 11.9. The second-order valence-corrected chi connectivity index (χ2v) is 4.26. The lowest BCUT2D eigenvalue weighted by molar-refractivity contribution is 0.181. The largest absolute Gasteiger partial charge is 0.383 e. The smallest absolute Gasteiger partial charge is 0.283 e. The molecule has 0 radical (unpaired) electrons. The number of anilines is 1. The van der Waals surface area contributed by atoms with Crippen LogP contribution in [0.5, 0.6) is 0 Å². The van der Waals surface area contributed by atoms with Crippen molar-refractivity contribution < 1.29 is 4.74 Å². The van der Waals surface area contributed by atoms with Crippen molar-refractivity contribution in [3.63, 3.8) is 0 Å². The third-order valence-electron chi connectivity index (χ3n) is 2.19. The van der Waals surface area contributed by atoms with Crippen LogP contribution in [0.15, 0.2) is 15.5 Å². The third kappa shape index (κ3) is 4.10. The molecule has 0 saturated carbocycles. The molecule has 1 aromatic heterocycles. The molecule has 7 heteroatoms. The van der Waals surface area contributed by atoms with Gasteiger partial charge in [-0.2, -0.15) is 5.10 Å². The quantitative estimate of drug-likeness (QED) is 0.713. The minimum Gasteiger partial charge on any atom is -0.383 e. The number of nitrogens with two attached hydrogens (primary N) is 1. The Balaban J connectivity index is 2.76. The van der Waals surface area contributed by atoms with Crippen molar-refractivity contribution in [2.45, 2.75) is 13.0 Å². The van der Waals surface area contributed by atoms with Crippen molar-refractivity contribution in [2.24, 2.45) is 5.73 Å². The first-order valence-corrected chi connectivity index (χ1v) is 6.18. The van der Waals surface area contributed by atoms with Gasteiger partial charge in [-0.15, -0.1) is 0 Å². The van der Waals surface area contributed by atoms with Crippen LogP contribution in [0.3, 0.4) is 0 Å². The normalized spacial score (nSPS) is 10.5. The first-order valence-electron chi connectivity index (χ1n) is 5.39. The van der Waals surface area contributed by atoms with Crippen LogP contribution in [-0.2, 0) is 11.3 Å². The van der Waals surface area contributed by atoms with Crippen molar-refractivity contribution >= 4 is 21.6 Å². The van der Waals surface area contributed by atoms with Gasteiger partial charge >= 0.3 is 0 Å². The molecule has 0 aromatic carbocycles. The number of nitrogens with one attached hydrogen (secondary N) is 1. The monoisotopic (exact) mass is 304 g/mol. The molecule has 1 heterocycles. The molecule has 0 spiro atoms. The van der Waals surface area contributed by atoms with E-state index < -0.39 is 0 Å². The highest BCUT2D eigenvalue weighted by Gasteiger charge is 2.07. The Morgan fingerprint density at radius 2 is 2.41 bits per heavy atom. The Kier molecular flexibility index (Phi) is 6.17. The van der Waals surface area contributed by atoms with Gasteiger partial charge in [-0.05, 0) is 28.9 Å². The molecule has 0 aliphatic carbocycles. The van der Waals surface area contributed by atoms with Gasteiger partial charge in [-0.1, -0.05) is 0 Å². The zero-order chi connectivity index (χ0) is 12.7. The molecule has 0 saturated heterocycles. The lowest BCUT2D eigenvalue weighted by Crippen LogP contribution is -2.26. The van der Waals surface area contributed by atoms with Gasteiger partial charge in [-0.3, -0.25) is 4.79 Å². The summed E-state index contributed by atoms with van der Waals surface area (Å²) >= 11 is 3.27. The maximum Gasteiger partial charge on any atom is 0.283 e. The standard InChI is InChI=1S/C10H17BrN4O2/c1-17-6-5-15-10(16)9(11)8(7-14-15)13-4-2-3-12/h7,13H,2-6,12H2,1H3. The number of methoxy groups -OCH3 is 1.